The zero-order valence-electron chi connectivity index (χ0n) is 17.9. The number of carboxylic acids is 1. The Morgan fingerprint density at radius 1 is 0.906 bits per heavy atom. The third-order valence-electron chi connectivity index (χ3n) is 5.79. The molecule has 1 saturated heterocycles. The summed E-state index contributed by atoms with van der Waals surface area (Å²) in [6.07, 6.45) is 0. The van der Waals surface area contributed by atoms with Gasteiger partial charge in [0.05, 0.1) is 5.56 Å². The Morgan fingerprint density at radius 3 is 2.38 bits per heavy atom. The van der Waals surface area contributed by atoms with Gasteiger partial charge in [-0.05, 0) is 47.0 Å². The highest BCUT2D eigenvalue weighted by molar-refractivity contribution is 6.30. The summed E-state index contributed by atoms with van der Waals surface area (Å²) in [6.45, 7) is 6.27. The number of nitrogens with zero attached hydrogens (tertiary/aromatic N) is 2. The van der Waals surface area contributed by atoms with E-state index in [1.807, 2.05) is 12.1 Å². The molecule has 32 heavy (non-hydrogen) atoms. The molecule has 0 saturated carbocycles. The van der Waals surface area contributed by atoms with Crippen molar-refractivity contribution in [2.75, 3.05) is 39.3 Å². The van der Waals surface area contributed by atoms with E-state index in [2.05, 4.69) is 46.2 Å². The number of hydrogen-bond donors (Lipinski definition) is 1. The third kappa shape index (κ3) is 5.88. The fourth-order valence-electron chi connectivity index (χ4n) is 3.99. The largest absolute Gasteiger partial charge is 0.492 e. The smallest absolute Gasteiger partial charge is 0.335 e. The maximum absolute atomic E-state index is 11.1. The second kappa shape index (κ2) is 10.6. The minimum atomic E-state index is -0.941. The van der Waals surface area contributed by atoms with E-state index in [0.29, 0.717) is 12.4 Å². The molecule has 166 valence electrons. The first kappa shape index (κ1) is 22.3. The van der Waals surface area contributed by atoms with Crippen molar-refractivity contribution in [2.45, 2.75) is 6.54 Å². The number of halogens is 1. The molecule has 6 heteroatoms. The van der Waals surface area contributed by atoms with Crippen molar-refractivity contribution in [1.29, 1.82) is 0 Å². The number of rotatable bonds is 8. The molecule has 3 aromatic rings. The van der Waals surface area contributed by atoms with Crippen LogP contribution in [-0.2, 0) is 6.54 Å². The maximum Gasteiger partial charge on any atom is 0.335 e. The van der Waals surface area contributed by atoms with Gasteiger partial charge in [-0.3, -0.25) is 9.80 Å². The van der Waals surface area contributed by atoms with E-state index in [9.17, 15) is 4.79 Å². The summed E-state index contributed by atoms with van der Waals surface area (Å²) in [5, 5.41) is 9.84. The van der Waals surface area contributed by atoms with E-state index in [4.69, 9.17) is 21.4 Å². The van der Waals surface area contributed by atoms with Crippen molar-refractivity contribution in [1.82, 2.24) is 9.80 Å². The van der Waals surface area contributed by atoms with E-state index >= 15 is 0 Å². The van der Waals surface area contributed by atoms with E-state index in [1.165, 1.54) is 16.7 Å². The molecule has 5 nitrogen and oxygen atoms in total. The van der Waals surface area contributed by atoms with Gasteiger partial charge < -0.3 is 9.84 Å². The van der Waals surface area contributed by atoms with Crippen LogP contribution in [0.4, 0.5) is 0 Å². The standard InChI is InChI=1S/C26H27ClN2O3/c27-23-10-8-20(9-11-23)25-7-2-1-4-22(25)19-29-14-12-28(13-15-29)16-17-32-24-6-3-5-21(18-24)26(30)31/h1-11,18H,12-17,19H2,(H,30,31). The Labute approximate surface area is 193 Å². The molecule has 1 aliphatic rings. The molecule has 1 heterocycles. The van der Waals surface area contributed by atoms with Gasteiger partial charge in [-0.25, -0.2) is 4.79 Å². The lowest BCUT2D eigenvalue weighted by Crippen LogP contribution is -2.47. The summed E-state index contributed by atoms with van der Waals surface area (Å²) < 4.78 is 5.77. The number of ether oxygens (including phenoxy) is 1. The van der Waals surface area contributed by atoms with Gasteiger partial charge >= 0.3 is 5.97 Å². The molecule has 1 fully saturated rings. The summed E-state index contributed by atoms with van der Waals surface area (Å²) in [6, 6.07) is 23.2. The number of hydrogen-bond acceptors (Lipinski definition) is 4. The molecule has 1 N–H and O–H groups in total. The van der Waals surface area contributed by atoms with E-state index < -0.39 is 5.97 Å². The minimum absolute atomic E-state index is 0.245. The molecule has 0 aromatic heterocycles. The number of carboxylic acid groups (broad SMARTS) is 1. The summed E-state index contributed by atoms with van der Waals surface area (Å²) in [5.41, 5.74) is 4.01. The molecule has 0 amide bonds. The molecule has 3 aromatic carbocycles. The van der Waals surface area contributed by atoms with E-state index in [1.54, 1.807) is 24.3 Å². The second-order valence-corrected chi connectivity index (χ2v) is 8.40. The van der Waals surface area contributed by atoms with E-state index in [0.717, 1.165) is 44.3 Å². The number of benzene rings is 3. The highest BCUT2D eigenvalue weighted by atomic mass is 35.5. The van der Waals surface area contributed by atoms with Crippen LogP contribution in [0.2, 0.25) is 5.02 Å². The molecule has 4 rings (SSSR count). The highest BCUT2D eigenvalue weighted by Crippen LogP contribution is 2.26. The SMILES string of the molecule is O=C(O)c1cccc(OCCN2CCN(Cc3ccccc3-c3ccc(Cl)cc3)CC2)c1. The number of aromatic carboxylic acids is 1. The fraction of sp³-hybridized carbons (Fsp3) is 0.269. The van der Waals surface area contributed by atoms with Crippen molar-refractivity contribution in [3.63, 3.8) is 0 Å². The number of piperazine rings is 1. The van der Waals surface area contributed by atoms with E-state index in [-0.39, 0.29) is 5.56 Å². The molecule has 0 spiro atoms. The van der Waals surface area contributed by atoms with Crippen molar-refractivity contribution in [2.24, 2.45) is 0 Å². The van der Waals surface area contributed by atoms with Crippen LogP contribution < -0.4 is 4.74 Å². The van der Waals surface area contributed by atoms with Crippen LogP contribution >= 0.6 is 11.6 Å². The van der Waals surface area contributed by atoms with Crippen LogP contribution in [0.3, 0.4) is 0 Å². The van der Waals surface area contributed by atoms with Crippen molar-refractivity contribution >= 4 is 17.6 Å². The molecule has 0 bridgehead atoms. The topological polar surface area (TPSA) is 53.0 Å². The first-order valence-corrected chi connectivity index (χ1v) is 11.2. The quantitative estimate of drug-likeness (QED) is 0.529. The van der Waals surface area contributed by atoms with Crippen LogP contribution in [0.1, 0.15) is 15.9 Å². The van der Waals surface area contributed by atoms with Crippen LogP contribution in [0.5, 0.6) is 5.75 Å². The predicted molar refractivity (Wildman–Crippen MR) is 128 cm³/mol. The van der Waals surface area contributed by atoms with Gasteiger partial charge in [0.1, 0.15) is 12.4 Å². The van der Waals surface area contributed by atoms with Gasteiger partial charge in [-0.2, -0.15) is 0 Å². The van der Waals surface area contributed by atoms with Gasteiger partial charge in [-0.1, -0.05) is 54.1 Å². The van der Waals surface area contributed by atoms with Gasteiger partial charge in [-0.15, -0.1) is 0 Å². The molecule has 0 unspecified atom stereocenters. The molecule has 0 aliphatic carbocycles. The lowest BCUT2D eigenvalue weighted by molar-refractivity contribution is 0.0696. The molecular weight excluding hydrogens is 424 g/mol. The molecule has 0 atom stereocenters. The van der Waals surface area contributed by atoms with Crippen molar-refractivity contribution in [3.8, 4) is 16.9 Å². The van der Waals surface area contributed by atoms with Crippen LogP contribution in [0.25, 0.3) is 11.1 Å². The summed E-state index contributed by atoms with van der Waals surface area (Å²) in [4.78, 5) is 16.0. The van der Waals surface area contributed by atoms with Crippen LogP contribution in [0, 0.1) is 0 Å². The Morgan fingerprint density at radius 2 is 1.62 bits per heavy atom. The summed E-state index contributed by atoms with van der Waals surface area (Å²) >= 11 is 6.05. The first-order chi connectivity index (χ1) is 15.6. The Bertz CT molecular complexity index is 1050. The fourth-order valence-corrected chi connectivity index (χ4v) is 4.12. The molecule has 1 aliphatic heterocycles. The second-order valence-electron chi connectivity index (χ2n) is 7.96. The van der Waals surface area contributed by atoms with Crippen LogP contribution in [-0.4, -0.2) is 60.2 Å². The Kier molecular flexibility index (Phi) is 7.43. The van der Waals surface area contributed by atoms with Gasteiger partial charge in [0.15, 0.2) is 0 Å². The molecule has 0 radical (unpaired) electrons. The third-order valence-corrected chi connectivity index (χ3v) is 6.04. The average molecular weight is 451 g/mol. The highest BCUT2D eigenvalue weighted by Gasteiger charge is 2.18. The lowest BCUT2D eigenvalue weighted by Gasteiger charge is -2.35. The summed E-state index contributed by atoms with van der Waals surface area (Å²) in [5.74, 6) is -0.341. The minimum Gasteiger partial charge on any atom is -0.492 e. The van der Waals surface area contributed by atoms with Gasteiger partial charge in [0.2, 0.25) is 0 Å². The average Bonchev–Trinajstić information content (AvgIpc) is 2.81. The zero-order valence-corrected chi connectivity index (χ0v) is 18.7. The monoisotopic (exact) mass is 450 g/mol. The van der Waals surface area contributed by atoms with Crippen LogP contribution in [0.15, 0.2) is 72.8 Å². The summed E-state index contributed by atoms with van der Waals surface area (Å²) in [7, 11) is 0. The molecular formula is C26H27ClN2O3. The normalized spacial score (nSPS) is 14.9. The first-order valence-electron chi connectivity index (χ1n) is 10.8. The van der Waals surface area contributed by atoms with Crippen molar-refractivity contribution < 1.29 is 14.6 Å². The van der Waals surface area contributed by atoms with Gasteiger partial charge in [0.25, 0.3) is 0 Å². The Balaban J connectivity index is 1.26. The maximum atomic E-state index is 11.1. The Hall–Kier alpha value is -2.86. The van der Waals surface area contributed by atoms with Gasteiger partial charge in [0, 0.05) is 44.3 Å². The zero-order chi connectivity index (χ0) is 22.3. The lowest BCUT2D eigenvalue weighted by atomic mass is 9.99. The predicted octanol–water partition coefficient (Wildman–Crippen LogP) is 4.90. The number of carbonyl (C=O) groups is 1. The van der Waals surface area contributed by atoms with Crippen molar-refractivity contribution in [3.05, 3.63) is 88.9 Å².